The number of morpholine rings is 1. The van der Waals surface area contributed by atoms with Crippen LogP contribution >= 0.6 is 11.6 Å². The average molecular weight is 251 g/mol. The van der Waals surface area contributed by atoms with Crippen LogP contribution in [-0.2, 0) is 9.53 Å². The maximum absolute atomic E-state index is 12.1. The average Bonchev–Trinajstić information content (AvgIpc) is 2.38. The predicted molar refractivity (Wildman–Crippen MR) is 66.9 cm³/mol. The van der Waals surface area contributed by atoms with Crippen molar-refractivity contribution in [3.63, 3.8) is 0 Å². The van der Waals surface area contributed by atoms with Gasteiger partial charge in [0.2, 0.25) is 0 Å². The van der Waals surface area contributed by atoms with E-state index < -0.39 is 6.10 Å². The number of Topliss-reactive ketones (excluding diaryl/α,β-unsaturated/α-hetero) is 1. The molecule has 1 saturated heterocycles. The highest BCUT2D eigenvalue weighted by molar-refractivity contribution is 6.31. The zero-order valence-corrected chi connectivity index (χ0v) is 10.1. The Bertz CT molecular complexity index is 439. The molecule has 3 nitrogen and oxygen atoms in total. The first kappa shape index (κ1) is 12.3. The summed E-state index contributed by atoms with van der Waals surface area (Å²) in [5.41, 5.74) is 1.14. The number of ketones is 1. The van der Waals surface area contributed by atoms with Gasteiger partial charge in [-0.2, -0.15) is 0 Å². The Morgan fingerprint density at radius 3 is 3.12 bits per heavy atom. The molecular weight excluding hydrogens is 238 g/mol. The van der Waals surface area contributed by atoms with Crippen molar-refractivity contribution in [1.82, 2.24) is 5.32 Å². The van der Waals surface area contributed by atoms with Gasteiger partial charge in [0.15, 0.2) is 5.78 Å². The number of benzene rings is 1. The fraction of sp³-hybridized carbons (Fsp3) is 0.308. The number of hydrogen-bond acceptors (Lipinski definition) is 3. The topological polar surface area (TPSA) is 38.3 Å². The highest BCUT2D eigenvalue weighted by Crippen LogP contribution is 2.19. The van der Waals surface area contributed by atoms with Gasteiger partial charge in [-0.1, -0.05) is 30.3 Å². The molecule has 0 saturated carbocycles. The normalized spacial score (nSPS) is 19.9. The predicted octanol–water partition coefficient (Wildman–Crippen LogP) is 1.71. The molecule has 1 N–H and O–H groups in total. The van der Waals surface area contributed by atoms with Crippen molar-refractivity contribution in [2.75, 3.05) is 19.7 Å². The van der Waals surface area contributed by atoms with Crippen LogP contribution in [0.3, 0.4) is 0 Å². The Kier molecular flexibility index (Phi) is 3.94. The van der Waals surface area contributed by atoms with Gasteiger partial charge in [-0.25, -0.2) is 0 Å². The maximum atomic E-state index is 12.1. The summed E-state index contributed by atoms with van der Waals surface area (Å²) >= 11 is 5.83. The second-order valence-corrected chi connectivity index (χ2v) is 4.24. The van der Waals surface area contributed by atoms with Crippen molar-refractivity contribution >= 4 is 23.0 Å². The molecule has 89 valence electrons. The minimum absolute atomic E-state index is 0.0977. The molecule has 0 amide bonds. The van der Waals surface area contributed by atoms with Crippen molar-refractivity contribution in [1.29, 1.82) is 0 Å². The van der Waals surface area contributed by atoms with Gasteiger partial charge in [-0.15, -0.1) is 0 Å². The molecular formula is C13H13ClNO2. The van der Waals surface area contributed by atoms with E-state index in [-0.39, 0.29) is 5.78 Å². The number of nitrogens with one attached hydrogen (secondary N) is 1. The number of rotatable bonds is 3. The van der Waals surface area contributed by atoms with Gasteiger partial charge in [-0.3, -0.25) is 4.79 Å². The van der Waals surface area contributed by atoms with Crippen LogP contribution in [-0.4, -0.2) is 31.6 Å². The van der Waals surface area contributed by atoms with Gasteiger partial charge in [0.05, 0.1) is 6.61 Å². The van der Waals surface area contributed by atoms with Crippen molar-refractivity contribution in [3.05, 3.63) is 41.4 Å². The van der Waals surface area contributed by atoms with Crippen LogP contribution in [0, 0.1) is 6.07 Å². The Hall–Kier alpha value is -1.16. The Morgan fingerprint density at radius 1 is 1.65 bits per heavy atom. The first-order valence-electron chi connectivity index (χ1n) is 5.41. The molecule has 1 aliphatic rings. The van der Waals surface area contributed by atoms with E-state index in [1.54, 1.807) is 18.2 Å². The summed E-state index contributed by atoms with van der Waals surface area (Å²) in [6, 6.07) is 7.94. The number of halogens is 1. The lowest BCUT2D eigenvalue weighted by Crippen LogP contribution is -2.43. The molecule has 1 fully saturated rings. The molecule has 0 aliphatic carbocycles. The summed E-state index contributed by atoms with van der Waals surface area (Å²) in [7, 11) is 0. The fourth-order valence-electron chi connectivity index (χ4n) is 1.70. The maximum Gasteiger partial charge on any atom is 0.192 e. The molecule has 1 atom stereocenters. The second kappa shape index (κ2) is 5.45. The number of ether oxygens (including phenoxy) is 1. The van der Waals surface area contributed by atoms with Crippen molar-refractivity contribution < 1.29 is 9.53 Å². The van der Waals surface area contributed by atoms with E-state index in [0.29, 0.717) is 29.3 Å². The molecule has 2 rings (SSSR count). The van der Waals surface area contributed by atoms with Gasteiger partial charge in [0, 0.05) is 29.8 Å². The molecule has 1 radical (unpaired) electrons. The smallest absolute Gasteiger partial charge is 0.192 e. The van der Waals surface area contributed by atoms with E-state index in [4.69, 9.17) is 16.3 Å². The third-order valence-electron chi connectivity index (χ3n) is 2.63. The minimum Gasteiger partial charge on any atom is -0.367 e. The lowest BCUT2D eigenvalue weighted by Gasteiger charge is -2.23. The zero-order chi connectivity index (χ0) is 12.3. The van der Waals surface area contributed by atoms with Gasteiger partial charge in [-0.05, 0) is 11.6 Å². The monoisotopic (exact) mass is 250 g/mol. The van der Waals surface area contributed by atoms with Crippen LogP contribution < -0.4 is 5.32 Å². The molecule has 1 aromatic rings. The van der Waals surface area contributed by atoms with E-state index in [2.05, 4.69) is 18.0 Å². The molecule has 4 heteroatoms. The fourth-order valence-corrected chi connectivity index (χ4v) is 1.88. The summed E-state index contributed by atoms with van der Waals surface area (Å²) in [5, 5.41) is 3.59. The van der Waals surface area contributed by atoms with E-state index in [9.17, 15) is 4.79 Å². The quantitative estimate of drug-likeness (QED) is 0.830. The van der Waals surface area contributed by atoms with E-state index in [1.165, 1.54) is 0 Å². The summed E-state index contributed by atoms with van der Waals surface area (Å²) in [5.74, 6) is -0.0977. The summed E-state index contributed by atoms with van der Waals surface area (Å²) in [4.78, 5) is 12.1. The third-order valence-corrected chi connectivity index (χ3v) is 2.85. The lowest BCUT2D eigenvalue weighted by atomic mass is 9.99. The lowest BCUT2D eigenvalue weighted by molar-refractivity contribution is -0.125. The van der Waals surface area contributed by atoms with Crippen LogP contribution in [0.4, 0.5) is 0 Å². The Morgan fingerprint density at radius 2 is 2.47 bits per heavy atom. The van der Waals surface area contributed by atoms with Crippen molar-refractivity contribution in [2.24, 2.45) is 0 Å². The largest absolute Gasteiger partial charge is 0.367 e. The van der Waals surface area contributed by atoms with Crippen LogP contribution in [0.5, 0.6) is 0 Å². The summed E-state index contributed by atoms with van der Waals surface area (Å²) in [6.07, 6.45) is -0.445. The standard InChI is InChI=1S/C13H13ClNO2/c1-9(10-3-2-4-11(14)7-10)13(16)12-8-15-5-6-17-12/h2-3,7,12,15H,1,5-6,8H2. The summed E-state index contributed by atoms with van der Waals surface area (Å²) < 4.78 is 5.40. The Balaban J connectivity index is 2.11. The molecule has 1 unspecified atom stereocenters. The van der Waals surface area contributed by atoms with E-state index >= 15 is 0 Å². The van der Waals surface area contributed by atoms with Crippen molar-refractivity contribution in [2.45, 2.75) is 6.10 Å². The molecule has 0 spiro atoms. The minimum atomic E-state index is -0.445. The number of carbonyl (C=O) groups is 1. The Labute approximate surface area is 105 Å². The second-order valence-electron chi connectivity index (χ2n) is 3.83. The molecule has 0 aromatic heterocycles. The van der Waals surface area contributed by atoms with Crippen LogP contribution in [0.1, 0.15) is 5.56 Å². The van der Waals surface area contributed by atoms with Gasteiger partial charge in [0.1, 0.15) is 6.10 Å². The van der Waals surface area contributed by atoms with E-state index in [0.717, 1.165) is 6.54 Å². The molecule has 0 bridgehead atoms. The first-order chi connectivity index (χ1) is 8.18. The van der Waals surface area contributed by atoms with Crippen LogP contribution in [0.15, 0.2) is 24.8 Å². The van der Waals surface area contributed by atoms with Crippen LogP contribution in [0.25, 0.3) is 5.57 Å². The molecule has 1 aromatic carbocycles. The first-order valence-corrected chi connectivity index (χ1v) is 5.79. The van der Waals surface area contributed by atoms with Gasteiger partial charge in [0.25, 0.3) is 0 Å². The zero-order valence-electron chi connectivity index (χ0n) is 9.33. The van der Waals surface area contributed by atoms with E-state index in [1.807, 2.05) is 0 Å². The third kappa shape index (κ3) is 2.94. The van der Waals surface area contributed by atoms with Crippen LogP contribution in [0.2, 0.25) is 5.02 Å². The SMILES string of the molecule is C=C(C(=O)C1CNCCO1)c1cc[c]c(Cl)c1. The van der Waals surface area contributed by atoms with Gasteiger partial charge >= 0.3 is 0 Å². The highest BCUT2D eigenvalue weighted by Gasteiger charge is 2.24. The number of carbonyl (C=O) groups excluding carboxylic acids is 1. The van der Waals surface area contributed by atoms with Crippen molar-refractivity contribution in [3.8, 4) is 0 Å². The molecule has 1 heterocycles. The molecule has 1 aliphatic heterocycles. The highest BCUT2D eigenvalue weighted by atomic mass is 35.5. The number of hydrogen-bond donors (Lipinski definition) is 1. The van der Waals surface area contributed by atoms with Gasteiger partial charge < -0.3 is 10.1 Å². The molecule has 17 heavy (non-hydrogen) atoms. The summed E-state index contributed by atoms with van der Waals surface area (Å²) in [6.45, 7) is 5.67.